The molecule has 138 valence electrons. The molecule has 6 nitrogen and oxygen atoms in total. The van der Waals surface area contributed by atoms with Crippen LogP contribution in [0.3, 0.4) is 0 Å². The standard InChI is InChI=1S/C19H23FN4O2/c1-11-4-9-15(18(21)25)12(2)24(11)19(26)17-10-16(22-23(17)3)13-5-7-14(20)8-6-13/h5-8,10-12,15H,4,9H2,1-3H3,(H2,21,25). The number of aromatic nitrogens is 2. The van der Waals surface area contributed by atoms with Crippen LogP contribution in [-0.4, -0.2) is 38.6 Å². The van der Waals surface area contributed by atoms with Crippen LogP contribution >= 0.6 is 0 Å². The summed E-state index contributed by atoms with van der Waals surface area (Å²) in [6, 6.07) is 7.41. The van der Waals surface area contributed by atoms with Crippen molar-refractivity contribution in [1.82, 2.24) is 14.7 Å². The molecule has 1 aliphatic rings. The zero-order chi connectivity index (χ0) is 19.0. The lowest BCUT2D eigenvalue weighted by molar-refractivity contribution is -0.125. The third-order valence-corrected chi connectivity index (χ3v) is 5.23. The van der Waals surface area contributed by atoms with E-state index in [-0.39, 0.29) is 35.6 Å². The summed E-state index contributed by atoms with van der Waals surface area (Å²) in [7, 11) is 1.70. The van der Waals surface area contributed by atoms with Gasteiger partial charge in [0.2, 0.25) is 5.91 Å². The van der Waals surface area contributed by atoms with Gasteiger partial charge in [0.15, 0.2) is 0 Å². The molecule has 1 aliphatic heterocycles. The SMILES string of the molecule is CC1CCC(C(N)=O)C(C)N1C(=O)c1cc(-c2ccc(F)cc2)nn1C. The Kier molecular flexibility index (Phi) is 4.80. The van der Waals surface area contributed by atoms with Gasteiger partial charge >= 0.3 is 0 Å². The van der Waals surface area contributed by atoms with Gasteiger partial charge in [0.05, 0.1) is 11.6 Å². The molecule has 2 heterocycles. The summed E-state index contributed by atoms with van der Waals surface area (Å²) in [5.41, 5.74) is 7.25. The second-order valence-electron chi connectivity index (χ2n) is 6.93. The van der Waals surface area contributed by atoms with E-state index in [0.29, 0.717) is 17.8 Å². The molecular weight excluding hydrogens is 335 g/mol. The number of carbonyl (C=O) groups is 2. The predicted molar refractivity (Wildman–Crippen MR) is 95.6 cm³/mol. The van der Waals surface area contributed by atoms with Crippen LogP contribution in [0.4, 0.5) is 4.39 Å². The third kappa shape index (κ3) is 3.21. The second-order valence-corrected chi connectivity index (χ2v) is 6.93. The van der Waals surface area contributed by atoms with E-state index in [9.17, 15) is 14.0 Å². The molecule has 1 saturated heterocycles. The maximum atomic E-state index is 13.2. The summed E-state index contributed by atoms with van der Waals surface area (Å²) < 4.78 is 14.6. The van der Waals surface area contributed by atoms with Gasteiger partial charge in [-0.25, -0.2) is 4.39 Å². The molecule has 1 fully saturated rings. The Bertz CT molecular complexity index is 831. The number of rotatable bonds is 3. The molecule has 2 aromatic rings. The number of hydrogen-bond acceptors (Lipinski definition) is 3. The largest absolute Gasteiger partial charge is 0.369 e. The van der Waals surface area contributed by atoms with Crippen molar-refractivity contribution >= 4 is 11.8 Å². The second kappa shape index (κ2) is 6.90. The van der Waals surface area contributed by atoms with Crippen LogP contribution < -0.4 is 5.73 Å². The van der Waals surface area contributed by atoms with Gasteiger partial charge in [-0.15, -0.1) is 0 Å². The highest BCUT2D eigenvalue weighted by atomic mass is 19.1. The molecule has 0 bridgehead atoms. The average molecular weight is 358 g/mol. The highest BCUT2D eigenvalue weighted by Crippen LogP contribution is 2.30. The highest BCUT2D eigenvalue weighted by Gasteiger charge is 2.39. The van der Waals surface area contributed by atoms with E-state index in [0.717, 1.165) is 12.0 Å². The van der Waals surface area contributed by atoms with Gasteiger partial charge in [0, 0.05) is 24.7 Å². The average Bonchev–Trinajstić information content (AvgIpc) is 2.97. The quantitative estimate of drug-likeness (QED) is 0.914. The Morgan fingerprint density at radius 1 is 1.19 bits per heavy atom. The number of benzene rings is 1. The number of hydrogen-bond donors (Lipinski definition) is 1. The van der Waals surface area contributed by atoms with Crippen LogP contribution in [0, 0.1) is 11.7 Å². The summed E-state index contributed by atoms with van der Waals surface area (Å²) in [6.07, 6.45) is 1.42. The number of amides is 2. The molecule has 1 aromatic carbocycles. The van der Waals surface area contributed by atoms with Crippen LogP contribution in [0.5, 0.6) is 0 Å². The molecule has 7 heteroatoms. The first kappa shape index (κ1) is 18.1. The van der Waals surface area contributed by atoms with Crippen LogP contribution in [0.25, 0.3) is 11.3 Å². The molecule has 0 radical (unpaired) electrons. The van der Waals surface area contributed by atoms with Gasteiger partial charge in [0.25, 0.3) is 5.91 Å². The molecule has 26 heavy (non-hydrogen) atoms. The van der Waals surface area contributed by atoms with Crippen LogP contribution in [0.15, 0.2) is 30.3 Å². The van der Waals surface area contributed by atoms with Crippen LogP contribution in [0.2, 0.25) is 0 Å². The van der Waals surface area contributed by atoms with Gasteiger partial charge in [0.1, 0.15) is 11.5 Å². The molecule has 2 N–H and O–H groups in total. The zero-order valence-corrected chi connectivity index (χ0v) is 15.1. The van der Waals surface area contributed by atoms with E-state index in [1.807, 2.05) is 13.8 Å². The maximum absolute atomic E-state index is 13.2. The Morgan fingerprint density at radius 2 is 1.85 bits per heavy atom. The van der Waals surface area contributed by atoms with E-state index in [1.165, 1.54) is 16.8 Å². The van der Waals surface area contributed by atoms with Crippen molar-refractivity contribution < 1.29 is 14.0 Å². The lowest BCUT2D eigenvalue weighted by Crippen LogP contribution is -2.54. The van der Waals surface area contributed by atoms with Crippen molar-refractivity contribution in [2.75, 3.05) is 0 Å². The normalized spacial score (nSPS) is 23.1. The van der Waals surface area contributed by atoms with Gasteiger partial charge < -0.3 is 10.6 Å². The number of halogens is 1. The van der Waals surface area contributed by atoms with Crippen molar-refractivity contribution in [3.05, 3.63) is 41.8 Å². The van der Waals surface area contributed by atoms with E-state index in [1.54, 1.807) is 30.1 Å². The molecule has 1 aromatic heterocycles. The van der Waals surface area contributed by atoms with Gasteiger partial charge in [-0.1, -0.05) is 0 Å². The number of primary amides is 1. The fourth-order valence-corrected chi connectivity index (χ4v) is 3.72. The first-order chi connectivity index (χ1) is 12.3. The molecule has 3 unspecified atom stereocenters. The van der Waals surface area contributed by atoms with Crippen LogP contribution in [0.1, 0.15) is 37.2 Å². The topological polar surface area (TPSA) is 81.2 Å². The number of piperidine rings is 1. The summed E-state index contributed by atoms with van der Waals surface area (Å²) in [4.78, 5) is 26.6. The fraction of sp³-hybridized carbons (Fsp3) is 0.421. The van der Waals surface area contributed by atoms with E-state index in [2.05, 4.69) is 5.10 Å². The number of carbonyl (C=O) groups excluding carboxylic acids is 2. The van der Waals surface area contributed by atoms with Crippen molar-refractivity contribution in [3.8, 4) is 11.3 Å². The van der Waals surface area contributed by atoms with Crippen LogP contribution in [-0.2, 0) is 11.8 Å². The first-order valence-corrected chi connectivity index (χ1v) is 8.71. The van der Waals surface area contributed by atoms with Gasteiger partial charge in [-0.2, -0.15) is 5.10 Å². The van der Waals surface area contributed by atoms with Crippen molar-refractivity contribution in [2.45, 2.75) is 38.8 Å². The number of nitrogens with two attached hydrogens (primary N) is 1. The minimum absolute atomic E-state index is 0.0114. The Labute approximate surface area is 151 Å². The molecule has 0 saturated carbocycles. The van der Waals surface area contributed by atoms with Gasteiger partial charge in [-0.3, -0.25) is 14.3 Å². The minimum Gasteiger partial charge on any atom is -0.369 e. The van der Waals surface area contributed by atoms with Crippen molar-refractivity contribution in [3.63, 3.8) is 0 Å². The summed E-state index contributed by atoms with van der Waals surface area (Å²) in [6.45, 7) is 3.84. The molecule has 3 atom stereocenters. The van der Waals surface area contributed by atoms with Crippen molar-refractivity contribution in [2.24, 2.45) is 18.7 Å². The lowest BCUT2D eigenvalue weighted by Gasteiger charge is -2.42. The van der Waals surface area contributed by atoms with Gasteiger partial charge in [-0.05, 0) is 57.0 Å². The molecule has 3 rings (SSSR count). The first-order valence-electron chi connectivity index (χ1n) is 8.71. The summed E-state index contributed by atoms with van der Waals surface area (Å²) in [5, 5.41) is 4.39. The molecular formula is C19H23FN4O2. The number of likely N-dealkylation sites (tertiary alicyclic amines) is 1. The Hall–Kier alpha value is -2.70. The molecule has 2 amide bonds. The Balaban J connectivity index is 1.92. The third-order valence-electron chi connectivity index (χ3n) is 5.23. The van der Waals surface area contributed by atoms with E-state index >= 15 is 0 Å². The maximum Gasteiger partial charge on any atom is 0.272 e. The summed E-state index contributed by atoms with van der Waals surface area (Å²) >= 11 is 0. The number of nitrogens with zero attached hydrogens (tertiary/aromatic N) is 3. The minimum atomic E-state index is -0.376. The molecule has 0 spiro atoms. The summed E-state index contributed by atoms with van der Waals surface area (Å²) in [5.74, 6) is -1.23. The number of aryl methyl sites for hydroxylation is 1. The Morgan fingerprint density at radius 3 is 2.46 bits per heavy atom. The van der Waals surface area contributed by atoms with E-state index < -0.39 is 0 Å². The highest BCUT2D eigenvalue weighted by molar-refractivity contribution is 5.94. The zero-order valence-electron chi connectivity index (χ0n) is 15.1. The fourth-order valence-electron chi connectivity index (χ4n) is 3.72. The predicted octanol–water partition coefficient (Wildman–Crippen LogP) is 2.34. The lowest BCUT2D eigenvalue weighted by atomic mass is 9.86. The van der Waals surface area contributed by atoms with E-state index in [4.69, 9.17) is 5.73 Å². The molecule has 0 aliphatic carbocycles. The smallest absolute Gasteiger partial charge is 0.272 e. The van der Waals surface area contributed by atoms with Crippen molar-refractivity contribution in [1.29, 1.82) is 0 Å². The monoisotopic (exact) mass is 358 g/mol.